The molecule has 2 nitrogen and oxygen atoms in total. The number of halogens is 1. The molecule has 0 aliphatic carbocycles. The lowest BCUT2D eigenvalue weighted by Crippen LogP contribution is -1.95. The Kier molecular flexibility index (Phi) is 3.00. The zero-order chi connectivity index (χ0) is 12.4. The molecule has 0 unspecified atom stereocenters. The number of nitrogen functional groups attached to an aromatic ring is 1. The Labute approximate surface area is 99.8 Å². The fourth-order valence-corrected chi connectivity index (χ4v) is 1.55. The zero-order valence-corrected chi connectivity index (χ0v) is 9.83. The molecular formula is C14H14FNO. The lowest BCUT2D eigenvalue weighted by molar-refractivity contribution is 0.481. The quantitative estimate of drug-likeness (QED) is 0.797. The highest BCUT2D eigenvalue weighted by Crippen LogP contribution is 2.30. The lowest BCUT2D eigenvalue weighted by atomic mass is 10.2. The maximum atomic E-state index is 13.1. The van der Waals surface area contributed by atoms with Crippen molar-refractivity contribution in [2.75, 3.05) is 5.73 Å². The normalized spacial score (nSPS) is 10.3. The second-order valence-electron chi connectivity index (χ2n) is 4.00. The number of para-hydroxylation sites is 1. The second-order valence-corrected chi connectivity index (χ2v) is 4.00. The van der Waals surface area contributed by atoms with E-state index in [0.29, 0.717) is 22.7 Å². The van der Waals surface area contributed by atoms with Crippen LogP contribution in [0.15, 0.2) is 36.4 Å². The highest BCUT2D eigenvalue weighted by molar-refractivity contribution is 5.59. The molecule has 0 amide bonds. The van der Waals surface area contributed by atoms with Gasteiger partial charge in [0, 0.05) is 0 Å². The van der Waals surface area contributed by atoms with Gasteiger partial charge in [-0.25, -0.2) is 4.39 Å². The Balaban J connectivity index is 2.31. The van der Waals surface area contributed by atoms with Gasteiger partial charge in [0.2, 0.25) is 0 Å². The third-order valence-corrected chi connectivity index (χ3v) is 2.64. The molecule has 2 N–H and O–H groups in total. The molecule has 0 saturated heterocycles. The Bertz CT molecular complexity index is 552. The van der Waals surface area contributed by atoms with Crippen molar-refractivity contribution >= 4 is 5.69 Å². The van der Waals surface area contributed by atoms with Crippen LogP contribution in [0.25, 0.3) is 0 Å². The van der Waals surface area contributed by atoms with Crippen LogP contribution in [0.1, 0.15) is 11.1 Å². The van der Waals surface area contributed by atoms with Crippen LogP contribution in [0.4, 0.5) is 10.1 Å². The van der Waals surface area contributed by atoms with Gasteiger partial charge < -0.3 is 10.5 Å². The average Bonchev–Trinajstić information content (AvgIpc) is 2.30. The third-order valence-electron chi connectivity index (χ3n) is 2.64. The van der Waals surface area contributed by atoms with Gasteiger partial charge in [-0.15, -0.1) is 0 Å². The number of rotatable bonds is 2. The smallest absolute Gasteiger partial charge is 0.150 e. The molecule has 0 heterocycles. The summed E-state index contributed by atoms with van der Waals surface area (Å²) >= 11 is 0. The SMILES string of the molecule is Cc1cc(Oc2cccc(C)c2N)ccc1F. The number of benzene rings is 2. The number of anilines is 1. The summed E-state index contributed by atoms with van der Waals surface area (Å²) in [6.45, 7) is 3.61. The monoisotopic (exact) mass is 231 g/mol. The van der Waals surface area contributed by atoms with Gasteiger partial charge in [-0.05, 0) is 49.2 Å². The summed E-state index contributed by atoms with van der Waals surface area (Å²) in [6.07, 6.45) is 0. The van der Waals surface area contributed by atoms with Crippen molar-refractivity contribution < 1.29 is 9.13 Å². The summed E-state index contributed by atoms with van der Waals surface area (Å²) in [5.41, 5.74) is 8.01. The van der Waals surface area contributed by atoms with Gasteiger partial charge in [-0.1, -0.05) is 12.1 Å². The molecule has 2 aromatic rings. The molecule has 2 rings (SSSR count). The van der Waals surface area contributed by atoms with E-state index in [1.165, 1.54) is 6.07 Å². The predicted molar refractivity (Wildman–Crippen MR) is 66.8 cm³/mol. The lowest BCUT2D eigenvalue weighted by Gasteiger charge is -2.10. The highest BCUT2D eigenvalue weighted by atomic mass is 19.1. The predicted octanol–water partition coefficient (Wildman–Crippen LogP) is 3.82. The molecular weight excluding hydrogens is 217 g/mol. The first-order valence-electron chi connectivity index (χ1n) is 5.37. The molecule has 2 aromatic carbocycles. The van der Waals surface area contributed by atoms with Crippen LogP contribution in [0, 0.1) is 19.7 Å². The van der Waals surface area contributed by atoms with Gasteiger partial charge in [0.05, 0.1) is 5.69 Å². The van der Waals surface area contributed by atoms with E-state index in [0.717, 1.165) is 5.56 Å². The van der Waals surface area contributed by atoms with Gasteiger partial charge in [-0.2, -0.15) is 0 Å². The third kappa shape index (κ3) is 2.38. The first-order chi connectivity index (χ1) is 8.08. The maximum absolute atomic E-state index is 13.1. The van der Waals surface area contributed by atoms with Crippen molar-refractivity contribution in [3.05, 3.63) is 53.3 Å². The summed E-state index contributed by atoms with van der Waals surface area (Å²) in [5, 5.41) is 0. The second kappa shape index (κ2) is 4.45. The number of hydrogen-bond acceptors (Lipinski definition) is 2. The summed E-state index contributed by atoms with van der Waals surface area (Å²) in [7, 11) is 0. The maximum Gasteiger partial charge on any atom is 0.150 e. The van der Waals surface area contributed by atoms with Gasteiger partial charge in [0.1, 0.15) is 11.6 Å². The Morgan fingerprint density at radius 2 is 1.82 bits per heavy atom. The van der Waals surface area contributed by atoms with Crippen LogP contribution in [0.2, 0.25) is 0 Å². The molecule has 0 aromatic heterocycles. The number of ether oxygens (including phenoxy) is 1. The average molecular weight is 231 g/mol. The Morgan fingerprint density at radius 1 is 1.06 bits per heavy atom. The van der Waals surface area contributed by atoms with E-state index in [1.807, 2.05) is 19.1 Å². The highest BCUT2D eigenvalue weighted by Gasteiger charge is 2.05. The van der Waals surface area contributed by atoms with Crippen molar-refractivity contribution in [3.8, 4) is 11.5 Å². The summed E-state index contributed by atoms with van der Waals surface area (Å²) < 4.78 is 18.7. The molecule has 88 valence electrons. The summed E-state index contributed by atoms with van der Waals surface area (Å²) in [4.78, 5) is 0. The molecule has 0 atom stereocenters. The Morgan fingerprint density at radius 3 is 2.53 bits per heavy atom. The molecule has 0 bridgehead atoms. The van der Waals surface area contributed by atoms with E-state index < -0.39 is 0 Å². The van der Waals surface area contributed by atoms with Crippen LogP contribution in [0.3, 0.4) is 0 Å². The number of aryl methyl sites for hydroxylation is 2. The van der Waals surface area contributed by atoms with Crippen molar-refractivity contribution in [3.63, 3.8) is 0 Å². The fraction of sp³-hybridized carbons (Fsp3) is 0.143. The molecule has 0 aliphatic rings. The standard InChI is InChI=1S/C14H14FNO/c1-9-4-3-5-13(14(9)16)17-11-6-7-12(15)10(2)8-11/h3-8H,16H2,1-2H3. The van der Waals surface area contributed by atoms with E-state index in [2.05, 4.69) is 0 Å². The topological polar surface area (TPSA) is 35.2 Å². The van der Waals surface area contributed by atoms with E-state index >= 15 is 0 Å². The van der Waals surface area contributed by atoms with Crippen LogP contribution in [-0.2, 0) is 0 Å². The van der Waals surface area contributed by atoms with Crippen molar-refractivity contribution in [2.45, 2.75) is 13.8 Å². The molecule has 17 heavy (non-hydrogen) atoms. The van der Waals surface area contributed by atoms with Gasteiger partial charge in [0.25, 0.3) is 0 Å². The summed E-state index contributed by atoms with van der Waals surface area (Å²) in [6, 6.07) is 10.2. The summed E-state index contributed by atoms with van der Waals surface area (Å²) in [5.74, 6) is 0.937. The van der Waals surface area contributed by atoms with E-state index in [4.69, 9.17) is 10.5 Å². The van der Waals surface area contributed by atoms with Gasteiger partial charge in [0.15, 0.2) is 5.75 Å². The van der Waals surface area contributed by atoms with Crippen LogP contribution < -0.4 is 10.5 Å². The first kappa shape index (κ1) is 11.5. The van der Waals surface area contributed by atoms with Gasteiger partial charge in [-0.3, -0.25) is 0 Å². The van der Waals surface area contributed by atoms with Crippen LogP contribution in [-0.4, -0.2) is 0 Å². The van der Waals surface area contributed by atoms with Crippen molar-refractivity contribution in [1.82, 2.24) is 0 Å². The van der Waals surface area contributed by atoms with Crippen LogP contribution in [0.5, 0.6) is 11.5 Å². The molecule has 0 aliphatic heterocycles. The van der Waals surface area contributed by atoms with E-state index in [-0.39, 0.29) is 5.82 Å². The number of hydrogen-bond donors (Lipinski definition) is 1. The fourth-order valence-electron chi connectivity index (χ4n) is 1.55. The zero-order valence-electron chi connectivity index (χ0n) is 9.83. The minimum absolute atomic E-state index is 0.241. The minimum atomic E-state index is -0.241. The first-order valence-corrected chi connectivity index (χ1v) is 5.37. The van der Waals surface area contributed by atoms with Crippen LogP contribution >= 0.6 is 0 Å². The van der Waals surface area contributed by atoms with Crippen molar-refractivity contribution in [2.24, 2.45) is 0 Å². The molecule has 0 spiro atoms. The molecule has 0 fully saturated rings. The van der Waals surface area contributed by atoms with Gasteiger partial charge >= 0.3 is 0 Å². The van der Waals surface area contributed by atoms with Crippen molar-refractivity contribution in [1.29, 1.82) is 0 Å². The van der Waals surface area contributed by atoms with E-state index in [9.17, 15) is 4.39 Å². The molecule has 3 heteroatoms. The minimum Gasteiger partial charge on any atom is -0.455 e. The Hall–Kier alpha value is -2.03. The number of nitrogens with two attached hydrogens (primary N) is 1. The van der Waals surface area contributed by atoms with E-state index in [1.54, 1.807) is 25.1 Å². The molecule has 0 radical (unpaired) electrons. The molecule has 0 saturated carbocycles. The largest absolute Gasteiger partial charge is 0.455 e.